The van der Waals surface area contributed by atoms with Crippen molar-refractivity contribution < 1.29 is 7.65 Å². The summed E-state index contributed by atoms with van der Waals surface area (Å²) >= 11 is 0. The van der Waals surface area contributed by atoms with Crippen molar-refractivity contribution in [1.29, 1.82) is 0 Å². The Morgan fingerprint density at radius 3 is 2.62 bits per heavy atom. The Hall–Kier alpha value is -3.61. The highest BCUT2D eigenvalue weighted by molar-refractivity contribution is 6.06. The van der Waals surface area contributed by atoms with Gasteiger partial charge in [0.1, 0.15) is 11.3 Å². The molecule has 0 fully saturated rings. The van der Waals surface area contributed by atoms with E-state index in [1.807, 2.05) is 30.3 Å². The molecule has 4 rings (SSSR count). The topological polar surface area (TPSA) is 97.9 Å². The average molecular weight is 463 g/mol. The summed E-state index contributed by atoms with van der Waals surface area (Å²) in [6.07, 6.45) is 4.91. The van der Waals surface area contributed by atoms with E-state index in [4.69, 9.17) is 10.7 Å². The lowest BCUT2D eigenvalue weighted by molar-refractivity contribution is 0.240. The summed E-state index contributed by atoms with van der Waals surface area (Å²) in [5, 5.41) is 6.96. The zero-order valence-electron chi connectivity index (χ0n) is 20.1. The normalized spacial score (nSPS) is 11.2. The van der Waals surface area contributed by atoms with Crippen LogP contribution in [-0.2, 0) is 19.5 Å². The fraction of sp³-hybridized carbons (Fsp3) is 0.370. The minimum atomic E-state index is -0.137. The number of unbranched alkanes of at least 4 members (excludes halogenated alkanes) is 2. The Kier molecular flexibility index (Phi) is 7.62. The highest BCUT2D eigenvalue weighted by Crippen LogP contribution is 2.29. The molecule has 0 aliphatic rings. The number of aryl methyl sites for hydroxylation is 3. The van der Waals surface area contributed by atoms with Crippen LogP contribution in [0.3, 0.4) is 0 Å². The van der Waals surface area contributed by atoms with Crippen molar-refractivity contribution in [2.24, 2.45) is 0 Å². The van der Waals surface area contributed by atoms with Crippen LogP contribution in [-0.4, -0.2) is 27.1 Å². The first-order valence-electron chi connectivity index (χ1n) is 12.2. The number of nitrogens with two attached hydrogens (primary N) is 1. The van der Waals surface area contributed by atoms with E-state index in [9.17, 15) is 4.79 Å². The molecular weight excluding hydrogens is 424 g/mol. The van der Waals surface area contributed by atoms with Crippen LogP contribution in [0.4, 0.5) is 10.6 Å². The van der Waals surface area contributed by atoms with E-state index in [1.165, 1.54) is 5.56 Å². The van der Waals surface area contributed by atoms with Gasteiger partial charge in [-0.3, -0.25) is 0 Å². The number of benzene rings is 2. The van der Waals surface area contributed by atoms with E-state index >= 15 is 0 Å². The lowest BCUT2D eigenvalue weighted by Gasteiger charge is -2.12. The first-order chi connectivity index (χ1) is 16.6. The van der Waals surface area contributed by atoms with Crippen LogP contribution >= 0.6 is 0 Å². The van der Waals surface area contributed by atoms with Crippen LogP contribution in [0.1, 0.15) is 52.4 Å². The van der Waals surface area contributed by atoms with Crippen molar-refractivity contribution in [3.63, 3.8) is 0 Å². The molecule has 2 amide bonds. The number of fused-ring (bicyclic) bond motifs is 3. The minimum absolute atomic E-state index is 0. The van der Waals surface area contributed by atoms with Gasteiger partial charge < -0.3 is 20.9 Å². The molecule has 4 aromatic rings. The highest BCUT2D eigenvalue weighted by atomic mass is 16.2. The van der Waals surface area contributed by atoms with Crippen molar-refractivity contribution in [2.45, 2.75) is 59.0 Å². The first kappa shape index (κ1) is 23.5. The number of amides is 2. The lowest BCUT2D eigenvalue weighted by atomic mass is 10.1. The van der Waals surface area contributed by atoms with Gasteiger partial charge in [0.25, 0.3) is 0 Å². The summed E-state index contributed by atoms with van der Waals surface area (Å²) in [6, 6.07) is 16.1. The molecule has 0 aliphatic heterocycles. The maximum atomic E-state index is 12.1. The molecule has 182 valence electrons. The summed E-state index contributed by atoms with van der Waals surface area (Å²) in [5.41, 5.74) is 11.3. The fourth-order valence-corrected chi connectivity index (χ4v) is 4.22. The van der Waals surface area contributed by atoms with Crippen LogP contribution in [0.15, 0.2) is 48.5 Å². The monoisotopic (exact) mass is 462 g/mol. The second-order valence-corrected chi connectivity index (χ2v) is 8.80. The Morgan fingerprint density at radius 1 is 1.03 bits per heavy atom. The molecule has 0 spiro atoms. The number of urea groups is 1. The third kappa shape index (κ3) is 5.47. The van der Waals surface area contributed by atoms with Crippen molar-refractivity contribution in [2.75, 3.05) is 12.3 Å². The maximum absolute atomic E-state index is 12.1. The molecule has 0 saturated heterocycles. The third-order valence-corrected chi connectivity index (χ3v) is 6.11. The smallest absolute Gasteiger partial charge is 0.315 e. The van der Waals surface area contributed by atoms with Crippen molar-refractivity contribution in [3.8, 4) is 0 Å². The number of aromatic nitrogens is 3. The fourth-order valence-electron chi connectivity index (χ4n) is 4.22. The van der Waals surface area contributed by atoms with Gasteiger partial charge >= 0.3 is 6.03 Å². The van der Waals surface area contributed by atoms with Crippen LogP contribution in [0.2, 0.25) is 0 Å². The predicted molar refractivity (Wildman–Crippen MR) is 143 cm³/mol. The number of nitrogens with zero attached hydrogens (tertiary/aromatic N) is 3. The maximum Gasteiger partial charge on any atom is 0.315 e. The minimum Gasteiger partial charge on any atom is -0.382 e. The molecule has 7 heteroatoms. The van der Waals surface area contributed by atoms with Crippen LogP contribution < -0.4 is 16.4 Å². The van der Waals surface area contributed by atoms with Crippen molar-refractivity contribution in [1.82, 2.24) is 25.2 Å². The van der Waals surface area contributed by atoms with Gasteiger partial charge in [0.05, 0.1) is 11.0 Å². The Bertz CT molecular complexity index is 1270. The summed E-state index contributed by atoms with van der Waals surface area (Å²) in [7, 11) is 0. The summed E-state index contributed by atoms with van der Waals surface area (Å²) in [4.78, 5) is 21.6. The summed E-state index contributed by atoms with van der Waals surface area (Å²) in [5.74, 6) is 1.54. The van der Waals surface area contributed by atoms with Crippen molar-refractivity contribution >= 4 is 33.8 Å². The Morgan fingerprint density at radius 2 is 1.82 bits per heavy atom. The number of nitrogen functional groups attached to an aromatic ring is 1. The molecule has 4 N–H and O–H groups in total. The molecule has 2 aromatic heterocycles. The average Bonchev–Trinajstić information content (AvgIpc) is 3.21. The number of imidazole rings is 1. The van der Waals surface area contributed by atoms with E-state index in [0.29, 0.717) is 18.9 Å². The largest absolute Gasteiger partial charge is 0.382 e. The summed E-state index contributed by atoms with van der Waals surface area (Å²) in [6.45, 7) is 6.22. The number of carbonyl (C=O) groups excluding carboxylic acids is 1. The van der Waals surface area contributed by atoms with E-state index < -0.39 is 0 Å². The number of anilines is 1. The van der Waals surface area contributed by atoms with E-state index in [0.717, 1.165) is 72.0 Å². The SMILES string of the molecule is CCCCc1nc2c(N)nc3ccccc3c2n1CCCCNC(=O)NCc1ccc(C)cc1.[HH].[HH]. The molecule has 0 saturated carbocycles. The molecule has 0 bridgehead atoms. The van der Waals surface area contributed by atoms with Gasteiger partial charge in [0, 0.05) is 34.3 Å². The number of nitrogens with one attached hydrogen (secondary N) is 2. The molecule has 2 heterocycles. The van der Waals surface area contributed by atoms with Crippen LogP contribution in [0.5, 0.6) is 0 Å². The molecule has 7 nitrogen and oxygen atoms in total. The molecule has 0 atom stereocenters. The van der Waals surface area contributed by atoms with E-state index in [-0.39, 0.29) is 8.88 Å². The van der Waals surface area contributed by atoms with E-state index in [2.05, 4.69) is 52.2 Å². The quantitative estimate of drug-likeness (QED) is 0.268. The Labute approximate surface area is 203 Å². The zero-order valence-corrected chi connectivity index (χ0v) is 20.1. The molecular formula is C27H38N6O. The second kappa shape index (κ2) is 11.0. The van der Waals surface area contributed by atoms with Crippen LogP contribution in [0, 0.1) is 6.92 Å². The predicted octanol–water partition coefficient (Wildman–Crippen LogP) is 5.59. The van der Waals surface area contributed by atoms with E-state index in [1.54, 1.807) is 0 Å². The van der Waals surface area contributed by atoms with Gasteiger partial charge in [-0.2, -0.15) is 0 Å². The number of carbonyl (C=O) groups is 1. The van der Waals surface area contributed by atoms with Gasteiger partial charge in [0.2, 0.25) is 0 Å². The van der Waals surface area contributed by atoms with Gasteiger partial charge in [-0.05, 0) is 37.8 Å². The second-order valence-electron chi connectivity index (χ2n) is 8.80. The number of rotatable bonds is 10. The summed E-state index contributed by atoms with van der Waals surface area (Å²) < 4.78 is 2.31. The van der Waals surface area contributed by atoms with Gasteiger partial charge in [-0.1, -0.05) is 61.4 Å². The molecule has 0 unspecified atom stereocenters. The number of hydrogen-bond acceptors (Lipinski definition) is 4. The molecule has 2 aromatic carbocycles. The molecule has 0 radical (unpaired) electrons. The van der Waals surface area contributed by atoms with Gasteiger partial charge in [0.15, 0.2) is 5.82 Å². The highest BCUT2D eigenvalue weighted by Gasteiger charge is 2.16. The number of para-hydroxylation sites is 1. The third-order valence-electron chi connectivity index (χ3n) is 6.11. The number of hydrogen-bond donors (Lipinski definition) is 3. The molecule has 0 aliphatic carbocycles. The zero-order chi connectivity index (χ0) is 23.9. The molecule has 34 heavy (non-hydrogen) atoms. The van der Waals surface area contributed by atoms with Crippen LogP contribution in [0.25, 0.3) is 21.9 Å². The first-order valence-corrected chi connectivity index (χ1v) is 12.2. The van der Waals surface area contributed by atoms with Gasteiger partial charge in [-0.15, -0.1) is 0 Å². The lowest BCUT2D eigenvalue weighted by Crippen LogP contribution is -2.35. The standard InChI is InChI=1S/C27H34N6O.2H2/c1-3-4-11-23-32-24-25(21-9-5-6-10-22(21)31-26(24)28)33(23)17-8-7-16-29-27(34)30-18-20-14-12-19(2)13-15-20;;/h5-6,9-10,12-15H,3-4,7-8,11,16-18H2,1-2H3,(H2,28,31)(H2,29,30,34);2*1H. The Balaban J connectivity index is 0.00000228. The van der Waals surface area contributed by atoms with Gasteiger partial charge in [-0.25, -0.2) is 14.8 Å². The van der Waals surface area contributed by atoms with Crippen molar-refractivity contribution in [3.05, 3.63) is 65.5 Å². The number of pyridine rings is 1.